The molecule has 5 rings (SSSR count). The number of anilines is 1. The highest BCUT2D eigenvalue weighted by Gasteiger charge is 2.33. The summed E-state index contributed by atoms with van der Waals surface area (Å²) in [7, 11) is 1.69. The lowest BCUT2D eigenvalue weighted by molar-refractivity contribution is 0.414. The smallest absolute Gasteiger partial charge is 0.186 e. The number of aromatic nitrogens is 2. The zero-order chi connectivity index (χ0) is 18.4. The van der Waals surface area contributed by atoms with Crippen molar-refractivity contribution < 1.29 is 4.74 Å². The highest BCUT2D eigenvalue weighted by Crippen LogP contribution is 2.41. The molecule has 0 bridgehead atoms. The van der Waals surface area contributed by atoms with Crippen LogP contribution in [0.1, 0.15) is 22.9 Å². The number of rotatable bonds is 3. The van der Waals surface area contributed by atoms with E-state index in [0.29, 0.717) is 0 Å². The van der Waals surface area contributed by atoms with E-state index < -0.39 is 0 Å². The second kappa shape index (κ2) is 6.59. The maximum atomic E-state index is 6.27. The van der Waals surface area contributed by atoms with Crippen LogP contribution in [-0.2, 0) is 6.42 Å². The summed E-state index contributed by atoms with van der Waals surface area (Å²) in [6, 6.07) is 14.5. The number of H-pyrrole nitrogens is 1. The van der Waals surface area contributed by atoms with Crippen molar-refractivity contribution in [3.8, 4) is 5.75 Å². The Morgan fingerprint density at radius 1 is 1.22 bits per heavy atom. The summed E-state index contributed by atoms with van der Waals surface area (Å²) >= 11 is 7.94. The summed E-state index contributed by atoms with van der Waals surface area (Å²) in [4.78, 5) is 10.6. The predicted octanol–water partition coefficient (Wildman–Crippen LogP) is 5.44. The Balaban J connectivity index is 1.70. The van der Waals surface area contributed by atoms with Crippen molar-refractivity contribution in [3.05, 3.63) is 75.9 Å². The average Bonchev–Trinajstić information content (AvgIpc) is 3.35. The summed E-state index contributed by atoms with van der Waals surface area (Å²) < 4.78 is 5.34. The lowest BCUT2D eigenvalue weighted by Gasteiger charge is -2.36. The Labute approximate surface area is 166 Å². The first-order chi connectivity index (χ1) is 13.2. The van der Waals surface area contributed by atoms with Crippen LogP contribution < -0.4 is 9.64 Å². The molecule has 3 heterocycles. The molecule has 1 aliphatic heterocycles. The van der Waals surface area contributed by atoms with Crippen molar-refractivity contribution in [2.24, 2.45) is 0 Å². The topological polar surface area (TPSA) is 41.1 Å². The van der Waals surface area contributed by atoms with E-state index in [9.17, 15) is 0 Å². The number of thiazole rings is 1. The fourth-order valence-corrected chi connectivity index (χ4v) is 4.83. The predicted molar refractivity (Wildman–Crippen MR) is 111 cm³/mol. The van der Waals surface area contributed by atoms with Gasteiger partial charge in [0.2, 0.25) is 0 Å². The monoisotopic (exact) mass is 395 g/mol. The van der Waals surface area contributed by atoms with Gasteiger partial charge in [-0.1, -0.05) is 23.7 Å². The SMILES string of the molecule is COc1ccc([C@H]2c3[nH]c4ccc(Cl)cc4c3CCN2c2nccs2)cc1. The van der Waals surface area contributed by atoms with E-state index in [-0.39, 0.29) is 6.04 Å². The summed E-state index contributed by atoms with van der Waals surface area (Å²) in [5.41, 5.74) is 4.91. The maximum Gasteiger partial charge on any atom is 0.186 e. The van der Waals surface area contributed by atoms with Gasteiger partial charge in [-0.3, -0.25) is 0 Å². The summed E-state index contributed by atoms with van der Waals surface area (Å²) in [5, 5.41) is 5.06. The zero-order valence-corrected chi connectivity index (χ0v) is 16.3. The first-order valence-electron chi connectivity index (χ1n) is 8.84. The third kappa shape index (κ3) is 2.78. The molecule has 136 valence electrons. The van der Waals surface area contributed by atoms with Gasteiger partial charge in [-0.05, 0) is 47.9 Å². The van der Waals surface area contributed by atoms with Crippen molar-refractivity contribution >= 4 is 39.0 Å². The molecule has 2 aromatic heterocycles. The Morgan fingerprint density at radius 3 is 2.81 bits per heavy atom. The van der Waals surface area contributed by atoms with Gasteiger partial charge in [0.25, 0.3) is 0 Å². The quantitative estimate of drug-likeness (QED) is 0.502. The molecule has 4 aromatic rings. The molecule has 0 radical (unpaired) electrons. The second-order valence-electron chi connectivity index (χ2n) is 6.64. The van der Waals surface area contributed by atoms with Crippen LogP contribution in [0.4, 0.5) is 5.13 Å². The number of fused-ring (bicyclic) bond motifs is 3. The van der Waals surface area contributed by atoms with Crippen LogP contribution in [0.3, 0.4) is 0 Å². The van der Waals surface area contributed by atoms with Crippen LogP contribution in [0.25, 0.3) is 10.9 Å². The minimum absolute atomic E-state index is 0.0805. The normalized spacial score (nSPS) is 16.5. The molecule has 2 aromatic carbocycles. The third-order valence-corrected chi connectivity index (χ3v) is 6.23. The summed E-state index contributed by atoms with van der Waals surface area (Å²) in [6.45, 7) is 0.913. The molecule has 1 aliphatic rings. The van der Waals surface area contributed by atoms with Gasteiger partial charge in [0.05, 0.1) is 13.2 Å². The standard InChI is InChI=1S/C21H18ClN3OS/c1-26-15-5-2-13(3-6-15)20-19-16(8-10-25(20)21-23-9-11-27-21)17-12-14(22)4-7-18(17)24-19/h2-7,9,11-12,20,24H,8,10H2,1H3/t20-/m0/s1. The highest BCUT2D eigenvalue weighted by molar-refractivity contribution is 7.13. The molecule has 27 heavy (non-hydrogen) atoms. The largest absolute Gasteiger partial charge is 0.497 e. The van der Waals surface area contributed by atoms with E-state index in [1.807, 2.05) is 29.8 Å². The number of hydrogen-bond donors (Lipinski definition) is 1. The molecular formula is C21H18ClN3OS. The van der Waals surface area contributed by atoms with Crippen LogP contribution in [0, 0.1) is 0 Å². The second-order valence-corrected chi connectivity index (χ2v) is 7.95. The van der Waals surface area contributed by atoms with Crippen LogP contribution >= 0.6 is 22.9 Å². The zero-order valence-electron chi connectivity index (χ0n) is 14.8. The number of methoxy groups -OCH3 is 1. The van der Waals surface area contributed by atoms with Crippen LogP contribution in [0.5, 0.6) is 5.75 Å². The van der Waals surface area contributed by atoms with Crippen molar-refractivity contribution in [2.45, 2.75) is 12.5 Å². The van der Waals surface area contributed by atoms with Crippen LogP contribution in [0.15, 0.2) is 54.0 Å². The number of halogens is 1. The number of ether oxygens (including phenoxy) is 1. The first kappa shape index (κ1) is 16.7. The van der Waals surface area contributed by atoms with Gasteiger partial charge in [-0.2, -0.15) is 0 Å². The lowest BCUT2D eigenvalue weighted by Crippen LogP contribution is -2.36. The number of hydrogen-bond acceptors (Lipinski definition) is 4. The Morgan fingerprint density at radius 2 is 2.07 bits per heavy atom. The van der Waals surface area contributed by atoms with Gasteiger partial charge in [0.1, 0.15) is 5.75 Å². The third-order valence-electron chi connectivity index (χ3n) is 5.19. The van der Waals surface area contributed by atoms with E-state index in [1.165, 1.54) is 22.2 Å². The van der Waals surface area contributed by atoms with Crippen molar-refractivity contribution in [3.63, 3.8) is 0 Å². The van der Waals surface area contributed by atoms with Crippen molar-refractivity contribution in [1.82, 2.24) is 9.97 Å². The fourth-order valence-electron chi connectivity index (χ4n) is 3.96. The molecule has 0 spiro atoms. The van der Waals surface area contributed by atoms with E-state index in [4.69, 9.17) is 16.3 Å². The Bertz CT molecular complexity index is 1090. The van der Waals surface area contributed by atoms with Gasteiger partial charge < -0.3 is 14.6 Å². The van der Waals surface area contributed by atoms with Gasteiger partial charge in [0.15, 0.2) is 5.13 Å². The van der Waals surface area contributed by atoms with Gasteiger partial charge in [-0.15, -0.1) is 11.3 Å². The minimum Gasteiger partial charge on any atom is -0.497 e. The molecule has 0 saturated heterocycles. The molecule has 0 amide bonds. The highest BCUT2D eigenvalue weighted by atomic mass is 35.5. The molecule has 6 heteroatoms. The molecular weight excluding hydrogens is 378 g/mol. The number of nitrogens with zero attached hydrogens (tertiary/aromatic N) is 2. The van der Waals surface area contributed by atoms with Crippen molar-refractivity contribution in [2.75, 3.05) is 18.6 Å². The van der Waals surface area contributed by atoms with Gasteiger partial charge in [0, 0.05) is 39.7 Å². The molecule has 0 aliphatic carbocycles. The van der Waals surface area contributed by atoms with E-state index in [1.54, 1.807) is 18.4 Å². The van der Waals surface area contributed by atoms with E-state index in [2.05, 4.69) is 39.1 Å². The van der Waals surface area contributed by atoms with Crippen LogP contribution in [0.2, 0.25) is 5.02 Å². The lowest BCUT2D eigenvalue weighted by atomic mass is 9.93. The minimum atomic E-state index is 0.0805. The molecule has 0 unspecified atom stereocenters. The number of nitrogens with one attached hydrogen (secondary N) is 1. The molecule has 1 atom stereocenters. The van der Waals surface area contributed by atoms with Gasteiger partial charge in [-0.25, -0.2) is 4.98 Å². The Kier molecular flexibility index (Phi) is 4.06. The first-order valence-corrected chi connectivity index (χ1v) is 10.1. The van der Waals surface area contributed by atoms with Crippen molar-refractivity contribution in [1.29, 1.82) is 0 Å². The number of benzene rings is 2. The summed E-state index contributed by atoms with van der Waals surface area (Å²) in [5.74, 6) is 0.860. The molecule has 0 fully saturated rings. The van der Waals surface area contributed by atoms with E-state index in [0.717, 1.165) is 34.4 Å². The van der Waals surface area contributed by atoms with E-state index >= 15 is 0 Å². The molecule has 0 saturated carbocycles. The van der Waals surface area contributed by atoms with Crippen LogP contribution in [-0.4, -0.2) is 23.6 Å². The van der Waals surface area contributed by atoms with Gasteiger partial charge >= 0.3 is 0 Å². The molecule has 1 N–H and O–H groups in total. The Hall–Kier alpha value is -2.50. The average molecular weight is 396 g/mol. The maximum absolute atomic E-state index is 6.27. The number of aromatic amines is 1. The fraction of sp³-hybridized carbons (Fsp3) is 0.190. The molecule has 4 nitrogen and oxygen atoms in total. The summed E-state index contributed by atoms with van der Waals surface area (Å²) in [6.07, 6.45) is 2.83.